The molecule has 0 atom stereocenters. The van der Waals surface area contributed by atoms with E-state index in [0.717, 1.165) is 46.4 Å². The van der Waals surface area contributed by atoms with Crippen LogP contribution < -0.4 is 4.90 Å². The van der Waals surface area contributed by atoms with Crippen LogP contribution in [0.25, 0.3) is 22.0 Å². The molecule has 0 aliphatic carbocycles. The lowest BCUT2D eigenvalue weighted by Crippen LogP contribution is -2.33. The normalized spacial score (nSPS) is 13.0. The molecule has 1 aliphatic heterocycles. The zero-order chi connectivity index (χ0) is 24.5. The fourth-order valence-corrected chi connectivity index (χ4v) is 4.49. The van der Waals surface area contributed by atoms with Crippen LogP contribution in [-0.4, -0.2) is 46.3 Å². The van der Waals surface area contributed by atoms with Crippen molar-refractivity contribution in [2.45, 2.75) is 60.1 Å². The highest BCUT2D eigenvalue weighted by Crippen LogP contribution is 2.44. The van der Waals surface area contributed by atoms with Crippen LogP contribution in [-0.2, 0) is 17.8 Å². The van der Waals surface area contributed by atoms with E-state index in [1.807, 2.05) is 6.92 Å². The first-order valence-corrected chi connectivity index (χ1v) is 11.3. The number of carbonyl (C=O) groups is 1. The van der Waals surface area contributed by atoms with Gasteiger partial charge in [-0.1, -0.05) is 29.8 Å². The zero-order valence-corrected chi connectivity index (χ0v) is 20.6. The van der Waals surface area contributed by atoms with E-state index in [0.29, 0.717) is 6.67 Å². The molecule has 2 heterocycles. The number of aliphatic hydroxyl groups is 1. The first-order valence-electron chi connectivity index (χ1n) is 11.3. The highest BCUT2D eigenvalue weighted by atomic mass is 16.4. The van der Waals surface area contributed by atoms with Gasteiger partial charge in [-0.15, -0.1) is 0 Å². The molecule has 176 valence electrons. The second-order valence-corrected chi connectivity index (χ2v) is 9.76. The molecular formula is C27H35N3O3. The van der Waals surface area contributed by atoms with Gasteiger partial charge in [-0.3, -0.25) is 9.79 Å². The van der Waals surface area contributed by atoms with Crippen LogP contribution in [0.5, 0.6) is 0 Å². The van der Waals surface area contributed by atoms with E-state index in [2.05, 4.69) is 65.4 Å². The third-order valence-electron chi connectivity index (χ3n) is 5.76. The molecule has 1 aromatic heterocycles. The van der Waals surface area contributed by atoms with Gasteiger partial charge in [-0.25, -0.2) is 0 Å². The predicted octanol–water partition coefficient (Wildman–Crippen LogP) is 5.12. The summed E-state index contributed by atoms with van der Waals surface area (Å²) in [6, 6.07) is 10.5. The maximum absolute atomic E-state index is 11.7. The Labute approximate surface area is 196 Å². The maximum Gasteiger partial charge on any atom is 0.307 e. The van der Waals surface area contributed by atoms with Crippen LogP contribution in [0.3, 0.4) is 0 Å². The lowest BCUT2D eigenvalue weighted by atomic mass is 9.88. The molecule has 0 saturated heterocycles. The first-order chi connectivity index (χ1) is 15.4. The number of hydrogen-bond donors (Lipinski definition) is 2. The van der Waals surface area contributed by atoms with Crippen molar-refractivity contribution in [3.05, 3.63) is 52.7 Å². The number of aromatic nitrogens is 1. The highest BCUT2D eigenvalue weighted by Gasteiger charge is 2.28. The molecular weight excluding hydrogens is 414 g/mol. The summed E-state index contributed by atoms with van der Waals surface area (Å²) in [5, 5.41) is 19.3. The minimum atomic E-state index is -0.816. The van der Waals surface area contributed by atoms with Crippen molar-refractivity contribution in [2.24, 2.45) is 4.99 Å². The van der Waals surface area contributed by atoms with E-state index in [4.69, 9.17) is 5.11 Å². The van der Waals surface area contributed by atoms with Gasteiger partial charge in [0.15, 0.2) is 0 Å². The van der Waals surface area contributed by atoms with Crippen molar-refractivity contribution in [1.29, 1.82) is 0 Å². The van der Waals surface area contributed by atoms with Gasteiger partial charge in [0.25, 0.3) is 0 Å². The van der Waals surface area contributed by atoms with Gasteiger partial charge < -0.3 is 19.7 Å². The quantitative estimate of drug-likeness (QED) is 0.530. The predicted molar refractivity (Wildman–Crippen MR) is 137 cm³/mol. The number of carboxylic acids is 1. The van der Waals surface area contributed by atoms with Gasteiger partial charge in [0, 0.05) is 24.2 Å². The number of rotatable bonds is 5. The van der Waals surface area contributed by atoms with Gasteiger partial charge in [0.2, 0.25) is 0 Å². The van der Waals surface area contributed by atoms with Crippen LogP contribution in [0, 0.1) is 20.8 Å². The molecule has 0 fully saturated rings. The SMILES string of the molecule is C=NCN1CCn2c(C)cc3c(-c4ccc(C)cc4)c(CC(=O)O)c(C)c1c32.CC(C)(C)O. The molecule has 4 rings (SSSR count). The van der Waals surface area contributed by atoms with E-state index in [1.165, 1.54) is 16.8 Å². The molecule has 0 amide bonds. The largest absolute Gasteiger partial charge is 0.481 e. The van der Waals surface area contributed by atoms with Crippen molar-refractivity contribution in [3.8, 4) is 11.1 Å². The second kappa shape index (κ2) is 9.40. The molecule has 2 N–H and O–H groups in total. The number of anilines is 1. The zero-order valence-electron chi connectivity index (χ0n) is 20.6. The Kier molecular flexibility index (Phi) is 6.98. The number of aryl methyl sites for hydroxylation is 2. The molecule has 3 aromatic rings. The Morgan fingerprint density at radius 1 is 1.12 bits per heavy atom. The standard InChI is InChI=1S/C23H25N3O2.C4H10O/c1-14-5-7-17(8-6-14)21-18(12-20(27)28)16(3)22-23-19(21)11-15(2)26(23)10-9-25(22)13-24-4;1-4(2,3)5/h5-8,11H,4,9-10,12-13H2,1-3H3,(H,27,28);5H,1-3H3. The fourth-order valence-electron chi connectivity index (χ4n) is 4.49. The number of aliphatic carboxylic acids is 1. The monoisotopic (exact) mass is 449 g/mol. The van der Waals surface area contributed by atoms with Crippen molar-refractivity contribution in [1.82, 2.24) is 4.57 Å². The molecule has 0 radical (unpaired) electrons. The van der Waals surface area contributed by atoms with Crippen molar-refractivity contribution < 1.29 is 15.0 Å². The van der Waals surface area contributed by atoms with Crippen LogP contribution in [0.4, 0.5) is 5.69 Å². The summed E-state index contributed by atoms with van der Waals surface area (Å²) in [5.41, 5.74) is 8.15. The summed E-state index contributed by atoms with van der Waals surface area (Å²) >= 11 is 0. The molecule has 0 unspecified atom stereocenters. The third kappa shape index (κ3) is 5.28. The van der Waals surface area contributed by atoms with Gasteiger partial charge in [-0.2, -0.15) is 0 Å². The molecule has 6 heteroatoms. The molecule has 0 spiro atoms. The van der Waals surface area contributed by atoms with Crippen molar-refractivity contribution >= 4 is 29.3 Å². The topological polar surface area (TPSA) is 78.1 Å². The van der Waals surface area contributed by atoms with Gasteiger partial charge in [0.05, 0.1) is 23.2 Å². The number of benzene rings is 2. The average molecular weight is 450 g/mol. The van der Waals surface area contributed by atoms with E-state index in [9.17, 15) is 9.90 Å². The molecule has 0 bridgehead atoms. The van der Waals surface area contributed by atoms with E-state index in [-0.39, 0.29) is 6.42 Å². The Morgan fingerprint density at radius 3 is 2.27 bits per heavy atom. The summed E-state index contributed by atoms with van der Waals surface area (Å²) in [6.07, 6.45) is -0.00241. The number of carboxylic acid groups (broad SMARTS) is 1. The molecule has 0 saturated carbocycles. The Bertz CT molecular complexity index is 1180. The van der Waals surface area contributed by atoms with Gasteiger partial charge in [-0.05, 0) is 76.6 Å². The first kappa shape index (κ1) is 24.5. The van der Waals surface area contributed by atoms with Crippen LogP contribution >= 0.6 is 0 Å². The van der Waals surface area contributed by atoms with Crippen LogP contribution in [0.2, 0.25) is 0 Å². The Hall–Kier alpha value is -3.12. The number of nitrogens with zero attached hydrogens (tertiary/aromatic N) is 3. The van der Waals surface area contributed by atoms with E-state index in [1.54, 1.807) is 20.8 Å². The Morgan fingerprint density at radius 2 is 1.73 bits per heavy atom. The highest BCUT2D eigenvalue weighted by molar-refractivity contribution is 6.07. The summed E-state index contributed by atoms with van der Waals surface area (Å²) in [7, 11) is 0. The molecule has 1 aliphatic rings. The lowest BCUT2D eigenvalue weighted by molar-refractivity contribution is -0.136. The summed E-state index contributed by atoms with van der Waals surface area (Å²) < 4.78 is 2.35. The molecule has 2 aromatic carbocycles. The van der Waals surface area contributed by atoms with Gasteiger partial charge >= 0.3 is 5.97 Å². The van der Waals surface area contributed by atoms with E-state index >= 15 is 0 Å². The van der Waals surface area contributed by atoms with Crippen molar-refractivity contribution in [2.75, 3.05) is 18.1 Å². The minimum absolute atomic E-state index is 0.00241. The number of aliphatic imine (C=N–C) groups is 1. The Balaban J connectivity index is 0.000000555. The average Bonchev–Trinajstić information content (AvgIpc) is 3.03. The summed E-state index contributed by atoms with van der Waals surface area (Å²) in [5.74, 6) is -0.816. The summed E-state index contributed by atoms with van der Waals surface area (Å²) in [4.78, 5) is 18.1. The maximum atomic E-state index is 11.7. The third-order valence-corrected chi connectivity index (χ3v) is 5.76. The van der Waals surface area contributed by atoms with Crippen LogP contribution in [0.1, 0.15) is 43.2 Å². The lowest BCUT2D eigenvalue weighted by Gasteiger charge is -2.33. The minimum Gasteiger partial charge on any atom is -0.481 e. The number of hydrogen-bond acceptors (Lipinski definition) is 4. The van der Waals surface area contributed by atoms with Crippen LogP contribution in [0.15, 0.2) is 35.3 Å². The second-order valence-electron chi connectivity index (χ2n) is 9.76. The summed E-state index contributed by atoms with van der Waals surface area (Å²) in [6.45, 7) is 17.4. The van der Waals surface area contributed by atoms with E-state index < -0.39 is 11.6 Å². The fraction of sp³-hybridized carbons (Fsp3) is 0.407. The molecule has 33 heavy (non-hydrogen) atoms. The smallest absolute Gasteiger partial charge is 0.307 e. The molecule has 6 nitrogen and oxygen atoms in total. The van der Waals surface area contributed by atoms with Gasteiger partial charge in [0.1, 0.15) is 6.67 Å². The van der Waals surface area contributed by atoms with Crippen molar-refractivity contribution in [3.63, 3.8) is 0 Å².